The summed E-state index contributed by atoms with van der Waals surface area (Å²) in [7, 11) is -3.35. The second-order valence-corrected chi connectivity index (χ2v) is 7.61. The summed E-state index contributed by atoms with van der Waals surface area (Å²) < 4.78 is 27.0. The molecule has 5 nitrogen and oxygen atoms in total. The number of nitrogens with zero attached hydrogens (tertiary/aromatic N) is 2. The van der Waals surface area contributed by atoms with E-state index in [1.807, 2.05) is 19.1 Å². The van der Waals surface area contributed by atoms with Gasteiger partial charge in [-0.25, -0.2) is 8.42 Å². The zero-order valence-corrected chi connectivity index (χ0v) is 12.5. The molecule has 2 fully saturated rings. The van der Waals surface area contributed by atoms with E-state index in [-0.39, 0.29) is 6.04 Å². The second kappa shape index (κ2) is 5.11. The fourth-order valence-electron chi connectivity index (χ4n) is 3.29. The summed E-state index contributed by atoms with van der Waals surface area (Å²) in [5.41, 5.74) is 6.66. The van der Waals surface area contributed by atoms with E-state index in [1.54, 1.807) is 16.4 Å². The molecule has 2 aliphatic heterocycles. The number of aryl methyl sites for hydroxylation is 1. The van der Waals surface area contributed by atoms with Crippen LogP contribution in [0.3, 0.4) is 0 Å². The Balaban J connectivity index is 1.80. The predicted octanol–water partition coefficient (Wildman–Crippen LogP) is 0.401. The number of likely N-dealkylation sites (tertiary alicyclic amines) is 1. The van der Waals surface area contributed by atoms with Crippen LogP contribution in [0.15, 0.2) is 29.2 Å². The number of hydrogen-bond donors (Lipinski definition) is 1. The second-order valence-electron chi connectivity index (χ2n) is 5.71. The van der Waals surface area contributed by atoms with Crippen LogP contribution >= 0.6 is 0 Å². The first-order valence-corrected chi connectivity index (χ1v) is 8.49. The van der Waals surface area contributed by atoms with Gasteiger partial charge in [0.1, 0.15) is 0 Å². The van der Waals surface area contributed by atoms with Crippen LogP contribution in [0.25, 0.3) is 0 Å². The lowest BCUT2D eigenvalue weighted by Crippen LogP contribution is -2.49. The van der Waals surface area contributed by atoms with Crippen molar-refractivity contribution < 1.29 is 8.42 Å². The van der Waals surface area contributed by atoms with Crippen molar-refractivity contribution >= 4 is 10.0 Å². The molecule has 3 rings (SSSR count). The molecule has 0 radical (unpaired) electrons. The van der Waals surface area contributed by atoms with Crippen LogP contribution in [0.4, 0.5) is 0 Å². The average molecular weight is 295 g/mol. The minimum atomic E-state index is -3.35. The van der Waals surface area contributed by atoms with Crippen molar-refractivity contribution in [1.29, 1.82) is 0 Å². The third-order valence-corrected chi connectivity index (χ3v) is 6.28. The molecule has 1 aromatic carbocycles. The highest BCUT2D eigenvalue weighted by Crippen LogP contribution is 2.34. The van der Waals surface area contributed by atoms with Gasteiger partial charge < -0.3 is 5.73 Å². The van der Waals surface area contributed by atoms with Crippen molar-refractivity contribution in [3.8, 4) is 0 Å². The Labute approximate surface area is 120 Å². The van der Waals surface area contributed by atoms with Gasteiger partial charge >= 0.3 is 0 Å². The smallest absolute Gasteiger partial charge is 0.243 e. The van der Waals surface area contributed by atoms with Gasteiger partial charge in [0.25, 0.3) is 0 Å². The van der Waals surface area contributed by atoms with Crippen LogP contribution in [0.5, 0.6) is 0 Å². The SMILES string of the molecule is Cc1ccc(S(=O)(=O)N2C[C@@H]3C[C@H]2CN3CCN)cc1. The van der Waals surface area contributed by atoms with E-state index in [9.17, 15) is 8.42 Å². The molecule has 0 unspecified atom stereocenters. The van der Waals surface area contributed by atoms with Crippen molar-refractivity contribution in [2.75, 3.05) is 26.2 Å². The van der Waals surface area contributed by atoms with E-state index in [2.05, 4.69) is 4.90 Å². The largest absolute Gasteiger partial charge is 0.329 e. The van der Waals surface area contributed by atoms with Gasteiger partial charge in [-0.15, -0.1) is 0 Å². The fraction of sp³-hybridized carbons (Fsp3) is 0.571. The minimum absolute atomic E-state index is 0.109. The maximum atomic E-state index is 12.7. The maximum absolute atomic E-state index is 12.7. The van der Waals surface area contributed by atoms with Crippen LogP contribution in [0.2, 0.25) is 0 Å². The molecule has 0 aliphatic carbocycles. The first-order valence-electron chi connectivity index (χ1n) is 7.05. The minimum Gasteiger partial charge on any atom is -0.329 e. The highest BCUT2D eigenvalue weighted by atomic mass is 32.2. The van der Waals surface area contributed by atoms with Gasteiger partial charge in [0.15, 0.2) is 0 Å². The Morgan fingerprint density at radius 2 is 1.90 bits per heavy atom. The number of sulfonamides is 1. The summed E-state index contributed by atoms with van der Waals surface area (Å²) in [5, 5.41) is 0. The Morgan fingerprint density at radius 3 is 2.45 bits per heavy atom. The van der Waals surface area contributed by atoms with Crippen molar-refractivity contribution in [2.24, 2.45) is 5.73 Å². The number of fused-ring (bicyclic) bond motifs is 2. The molecule has 2 heterocycles. The normalized spacial score (nSPS) is 27.3. The van der Waals surface area contributed by atoms with Crippen LogP contribution in [-0.4, -0.2) is 55.9 Å². The van der Waals surface area contributed by atoms with E-state index in [1.165, 1.54) is 0 Å². The summed E-state index contributed by atoms with van der Waals surface area (Å²) in [4.78, 5) is 2.72. The van der Waals surface area contributed by atoms with Crippen LogP contribution in [-0.2, 0) is 10.0 Å². The molecule has 0 saturated carbocycles. The molecule has 1 aromatic rings. The van der Waals surface area contributed by atoms with Gasteiger partial charge in [-0.1, -0.05) is 17.7 Å². The van der Waals surface area contributed by atoms with E-state index < -0.39 is 10.0 Å². The third-order valence-electron chi connectivity index (χ3n) is 4.35. The van der Waals surface area contributed by atoms with Crippen LogP contribution in [0, 0.1) is 6.92 Å². The quantitative estimate of drug-likeness (QED) is 0.873. The molecule has 2 saturated heterocycles. The van der Waals surface area contributed by atoms with Crippen molar-refractivity contribution in [2.45, 2.75) is 30.3 Å². The van der Waals surface area contributed by atoms with E-state index in [0.29, 0.717) is 24.0 Å². The summed E-state index contributed by atoms with van der Waals surface area (Å²) in [6.45, 7) is 4.86. The zero-order chi connectivity index (χ0) is 14.3. The number of benzene rings is 1. The molecule has 2 atom stereocenters. The number of nitrogens with two attached hydrogens (primary N) is 1. The lowest BCUT2D eigenvalue weighted by molar-refractivity contribution is 0.186. The summed E-state index contributed by atoms with van der Waals surface area (Å²) in [5.74, 6) is 0. The summed E-state index contributed by atoms with van der Waals surface area (Å²) >= 11 is 0. The lowest BCUT2D eigenvalue weighted by Gasteiger charge is -2.33. The Kier molecular flexibility index (Phi) is 3.58. The molecule has 20 heavy (non-hydrogen) atoms. The van der Waals surface area contributed by atoms with Crippen molar-refractivity contribution in [3.63, 3.8) is 0 Å². The van der Waals surface area contributed by atoms with Gasteiger partial charge in [0.05, 0.1) is 4.90 Å². The molecule has 0 spiro atoms. The van der Waals surface area contributed by atoms with Crippen molar-refractivity contribution in [3.05, 3.63) is 29.8 Å². The first kappa shape index (κ1) is 14.0. The van der Waals surface area contributed by atoms with Crippen LogP contribution < -0.4 is 5.73 Å². The Hall–Kier alpha value is -0.950. The van der Waals surface area contributed by atoms with Crippen LogP contribution in [0.1, 0.15) is 12.0 Å². The van der Waals surface area contributed by atoms with E-state index >= 15 is 0 Å². The number of hydrogen-bond acceptors (Lipinski definition) is 4. The highest BCUT2D eigenvalue weighted by Gasteiger charge is 2.47. The molecular formula is C14H21N3O2S. The molecule has 2 aliphatic rings. The Bertz CT molecular complexity index is 585. The van der Waals surface area contributed by atoms with E-state index in [0.717, 1.165) is 25.1 Å². The highest BCUT2D eigenvalue weighted by molar-refractivity contribution is 7.89. The number of piperazine rings is 1. The zero-order valence-electron chi connectivity index (χ0n) is 11.7. The summed E-state index contributed by atoms with van der Waals surface area (Å²) in [6.07, 6.45) is 0.936. The third kappa shape index (κ3) is 2.26. The average Bonchev–Trinajstić information content (AvgIpc) is 2.99. The van der Waals surface area contributed by atoms with Gasteiger partial charge in [0.2, 0.25) is 10.0 Å². The van der Waals surface area contributed by atoms with Gasteiger partial charge in [0, 0.05) is 38.3 Å². The molecule has 2 N–H and O–H groups in total. The summed E-state index contributed by atoms with van der Waals surface area (Å²) in [6, 6.07) is 7.55. The molecule has 6 heteroatoms. The maximum Gasteiger partial charge on any atom is 0.243 e. The van der Waals surface area contributed by atoms with Gasteiger partial charge in [-0.05, 0) is 25.5 Å². The standard InChI is InChI=1S/C14H21N3O2S/c1-11-2-4-14(5-3-11)20(18,19)17-10-12-8-13(17)9-16(12)7-6-15/h2-5,12-13H,6-10,15H2,1H3/t12-,13-/m0/s1. The monoisotopic (exact) mass is 295 g/mol. The fourth-order valence-corrected chi connectivity index (χ4v) is 4.96. The molecule has 2 bridgehead atoms. The molecule has 0 aromatic heterocycles. The predicted molar refractivity (Wildman–Crippen MR) is 77.9 cm³/mol. The Morgan fingerprint density at radius 1 is 1.20 bits per heavy atom. The van der Waals surface area contributed by atoms with Gasteiger partial charge in [-0.2, -0.15) is 4.31 Å². The number of rotatable bonds is 4. The molecular weight excluding hydrogens is 274 g/mol. The topological polar surface area (TPSA) is 66.6 Å². The van der Waals surface area contributed by atoms with Crippen molar-refractivity contribution in [1.82, 2.24) is 9.21 Å². The molecule has 110 valence electrons. The first-order chi connectivity index (χ1) is 9.52. The molecule has 0 amide bonds. The lowest BCUT2D eigenvalue weighted by atomic mass is 10.2. The van der Waals surface area contributed by atoms with Gasteiger partial charge in [-0.3, -0.25) is 4.90 Å². The van der Waals surface area contributed by atoms with E-state index in [4.69, 9.17) is 5.73 Å².